The van der Waals surface area contributed by atoms with Crippen molar-refractivity contribution in [3.63, 3.8) is 0 Å². The number of benzene rings is 1. The van der Waals surface area contributed by atoms with Crippen molar-refractivity contribution in [2.45, 2.75) is 16.2 Å². The third-order valence-electron chi connectivity index (χ3n) is 1.67. The van der Waals surface area contributed by atoms with Crippen molar-refractivity contribution in [3.8, 4) is 0 Å². The van der Waals surface area contributed by atoms with Gasteiger partial charge in [-0.05, 0) is 30.2 Å². The van der Waals surface area contributed by atoms with Gasteiger partial charge in [0.1, 0.15) is 0 Å². The third-order valence-corrected chi connectivity index (χ3v) is 3.07. The molecule has 1 aliphatic heterocycles. The molecule has 2 rings (SSSR count). The van der Waals surface area contributed by atoms with Gasteiger partial charge in [-0.1, -0.05) is 0 Å². The number of fused-ring (bicyclic) bond motifs is 1. The normalized spacial score (nSPS) is 15.3. The summed E-state index contributed by atoms with van der Waals surface area (Å²) in [6, 6.07) is 6.38. The predicted molar refractivity (Wildman–Crippen MR) is 48.1 cm³/mol. The molecule has 0 N–H and O–H groups in total. The first-order chi connectivity index (χ1) is 4.86. The fourth-order valence-electron chi connectivity index (χ4n) is 1.17. The molecule has 0 unspecified atom stereocenters. The lowest BCUT2D eigenvalue weighted by Gasteiger charge is -1.96. The first kappa shape index (κ1) is 6.62. The lowest BCUT2D eigenvalue weighted by atomic mass is 10.2. The van der Waals surface area contributed by atoms with E-state index >= 15 is 0 Å². The Kier molecular flexibility index (Phi) is 1.66. The minimum Gasteiger partial charge on any atom is -0.143 e. The topological polar surface area (TPSA) is 0 Å². The van der Waals surface area contributed by atoms with E-state index in [4.69, 9.17) is 0 Å². The maximum Gasteiger partial charge on any atom is 0.0105 e. The largest absolute Gasteiger partial charge is 0.143 e. The summed E-state index contributed by atoms with van der Waals surface area (Å²) < 4.78 is 0. The van der Waals surface area contributed by atoms with Gasteiger partial charge in [-0.25, -0.2) is 0 Å². The van der Waals surface area contributed by atoms with Gasteiger partial charge in [0.15, 0.2) is 0 Å². The van der Waals surface area contributed by atoms with Crippen molar-refractivity contribution in [2.24, 2.45) is 0 Å². The molecule has 1 aliphatic rings. The summed E-state index contributed by atoms with van der Waals surface area (Å²) in [6.45, 7) is 0. The van der Waals surface area contributed by atoms with Crippen LogP contribution in [0.15, 0.2) is 28.0 Å². The molecule has 0 aromatic heterocycles. The summed E-state index contributed by atoms with van der Waals surface area (Å²) in [6.07, 6.45) is 1.22. The highest BCUT2D eigenvalue weighted by atomic mass is 32.2. The van der Waals surface area contributed by atoms with Crippen molar-refractivity contribution >= 4 is 24.4 Å². The minimum absolute atomic E-state index is 1.08. The van der Waals surface area contributed by atoms with Crippen LogP contribution in [-0.2, 0) is 6.42 Å². The van der Waals surface area contributed by atoms with E-state index in [0.717, 1.165) is 4.90 Å². The van der Waals surface area contributed by atoms with E-state index in [1.165, 1.54) is 22.6 Å². The van der Waals surface area contributed by atoms with Gasteiger partial charge in [-0.3, -0.25) is 0 Å². The van der Waals surface area contributed by atoms with Gasteiger partial charge >= 0.3 is 0 Å². The molecule has 0 atom stereocenters. The van der Waals surface area contributed by atoms with Crippen LogP contribution < -0.4 is 0 Å². The molecule has 0 fully saturated rings. The lowest BCUT2D eigenvalue weighted by Crippen LogP contribution is -1.78. The van der Waals surface area contributed by atoms with Crippen LogP contribution in [-0.4, -0.2) is 5.75 Å². The highest BCUT2D eigenvalue weighted by Crippen LogP contribution is 2.32. The molecule has 52 valence electrons. The second-order valence-corrected chi connectivity index (χ2v) is 4.04. The van der Waals surface area contributed by atoms with Crippen molar-refractivity contribution in [3.05, 3.63) is 23.8 Å². The van der Waals surface area contributed by atoms with E-state index in [2.05, 4.69) is 30.8 Å². The molecule has 0 nitrogen and oxygen atoms in total. The summed E-state index contributed by atoms with van der Waals surface area (Å²) in [5, 5.41) is 0. The van der Waals surface area contributed by atoms with Crippen molar-refractivity contribution in [1.82, 2.24) is 0 Å². The van der Waals surface area contributed by atoms with Crippen molar-refractivity contribution in [1.29, 1.82) is 0 Å². The van der Waals surface area contributed by atoms with E-state index in [1.807, 2.05) is 11.8 Å². The Balaban J connectivity index is 2.52. The third kappa shape index (κ3) is 1.06. The van der Waals surface area contributed by atoms with Gasteiger partial charge < -0.3 is 0 Å². The molecular weight excluding hydrogens is 160 g/mol. The quantitative estimate of drug-likeness (QED) is 0.581. The zero-order valence-corrected chi connectivity index (χ0v) is 7.21. The minimum atomic E-state index is 1.08. The summed E-state index contributed by atoms with van der Waals surface area (Å²) >= 11 is 6.22. The Bertz CT molecular complexity index is 255. The lowest BCUT2D eigenvalue weighted by molar-refractivity contribution is 1.12. The molecule has 2 heteroatoms. The molecule has 1 heterocycles. The Morgan fingerprint density at radius 2 is 2.30 bits per heavy atom. The van der Waals surface area contributed by atoms with Crippen LogP contribution in [0.4, 0.5) is 0 Å². The van der Waals surface area contributed by atoms with Crippen molar-refractivity contribution < 1.29 is 0 Å². The molecule has 0 saturated heterocycles. The molecular formula is C8H8S2. The van der Waals surface area contributed by atoms with Crippen LogP contribution in [0.25, 0.3) is 0 Å². The molecule has 1 aromatic rings. The molecule has 0 radical (unpaired) electrons. The fourth-order valence-corrected chi connectivity index (χ4v) is 2.46. The molecule has 0 saturated carbocycles. The smallest absolute Gasteiger partial charge is 0.0105 e. The number of thioether (sulfide) groups is 1. The molecule has 0 amide bonds. The number of aryl methyl sites for hydroxylation is 1. The van der Waals surface area contributed by atoms with Crippen LogP contribution in [0.3, 0.4) is 0 Å². The van der Waals surface area contributed by atoms with E-state index in [1.54, 1.807) is 0 Å². The molecule has 0 spiro atoms. The van der Waals surface area contributed by atoms with Crippen LogP contribution in [0.2, 0.25) is 0 Å². The van der Waals surface area contributed by atoms with Gasteiger partial charge in [0, 0.05) is 15.5 Å². The number of rotatable bonds is 0. The highest BCUT2D eigenvalue weighted by molar-refractivity contribution is 7.99. The zero-order valence-electron chi connectivity index (χ0n) is 5.50. The van der Waals surface area contributed by atoms with E-state index in [0.29, 0.717) is 0 Å². The van der Waals surface area contributed by atoms with Gasteiger partial charge in [0.2, 0.25) is 0 Å². The van der Waals surface area contributed by atoms with E-state index < -0.39 is 0 Å². The average molecular weight is 168 g/mol. The van der Waals surface area contributed by atoms with Gasteiger partial charge in [-0.15, -0.1) is 24.4 Å². The van der Waals surface area contributed by atoms with Crippen LogP contribution in [0, 0.1) is 0 Å². The van der Waals surface area contributed by atoms with Crippen LogP contribution in [0.1, 0.15) is 5.56 Å². The van der Waals surface area contributed by atoms with Crippen LogP contribution in [0.5, 0.6) is 0 Å². The Morgan fingerprint density at radius 1 is 1.40 bits per heavy atom. The molecule has 0 bridgehead atoms. The summed E-state index contributed by atoms with van der Waals surface area (Å²) in [4.78, 5) is 2.53. The van der Waals surface area contributed by atoms with Crippen LogP contribution >= 0.6 is 24.4 Å². The van der Waals surface area contributed by atoms with Gasteiger partial charge in [0.25, 0.3) is 0 Å². The van der Waals surface area contributed by atoms with E-state index in [9.17, 15) is 0 Å². The molecule has 1 aromatic carbocycles. The predicted octanol–water partition coefficient (Wildman–Crippen LogP) is 2.62. The monoisotopic (exact) mass is 168 g/mol. The standard InChI is InChI=1S/C8H8S2/c9-7-1-2-8-6(5-7)3-4-10-8/h1-2,5,9H,3-4H2. The Labute approximate surface area is 70.4 Å². The van der Waals surface area contributed by atoms with Gasteiger partial charge in [0.05, 0.1) is 0 Å². The maximum atomic E-state index is 4.27. The number of hydrogen-bond donors (Lipinski definition) is 1. The SMILES string of the molecule is Sc1ccc2c(c1)CCS2. The second-order valence-electron chi connectivity index (χ2n) is 2.39. The Hall–Kier alpha value is -0.0800. The maximum absolute atomic E-state index is 4.27. The fraction of sp³-hybridized carbons (Fsp3) is 0.250. The van der Waals surface area contributed by atoms with Crippen molar-refractivity contribution in [2.75, 3.05) is 5.75 Å². The highest BCUT2D eigenvalue weighted by Gasteiger charge is 2.09. The van der Waals surface area contributed by atoms with E-state index in [-0.39, 0.29) is 0 Å². The summed E-state index contributed by atoms with van der Waals surface area (Å²) in [5.41, 5.74) is 1.47. The van der Waals surface area contributed by atoms with Gasteiger partial charge in [-0.2, -0.15) is 0 Å². The number of thiol groups is 1. The second kappa shape index (κ2) is 2.51. The zero-order chi connectivity index (χ0) is 6.97. The first-order valence-electron chi connectivity index (χ1n) is 3.31. The Morgan fingerprint density at radius 3 is 3.20 bits per heavy atom. The summed E-state index contributed by atoms with van der Waals surface area (Å²) in [7, 11) is 0. The number of hydrogen-bond acceptors (Lipinski definition) is 2. The molecule has 10 heavy (non-hydrogen) atoms. The molecule has 0 aliphatic carbocycles. The average Bonchev–Trinajstić information content (AvgIpc) is 2.33. The summed E-state index contributed by atoms with van der Waals surface area (Å²) in [5.74, 6) is 1.24. The first-order valence-corrected chi connectivity index (χ1v) is 4.74.